The van der Waals surface area contributed by atoms with Crippen LogP contribution in [0.4, 0.5) is 0 Å². The predicted molar refractivity (Wildman–Crippen MR) is 135 cm³/mol. The Bertz CT molecular complexity index is 1190. The lowest BCUT2D eigenvalue weighted by atomic mass is 9.48. The summed E-state index contributed by atoms with van der Waals surface area (Å²) in [5.74, 6) is 4.79. The highest BCUT2D eigenvalue weighted by Gasteiger charge is 2.67. The number of rotatable bonds is 3. The van der Waals surface area contributed by atoms with Crippen molar-refractivity contribution in [1.82, 2.24) is 0 Å². The van der Waals surface area contributed by atoms with Crippen molar-refractivity contribution in [2.45, 2.75) is 63.3 Å². The molecule has 8 atom stereocenters. The number of allylic oxidation sites excluding steroid dienone is 1. The second-order valence-electron chi connectivity index (χ2n) is 11.1. The quantitative estimate of drug-likeness (QED) is 0.367. The van der Waals surface area contributed by atoms with E-state index in [-0.39, 0.29) is 29.6 Å². The van der Waals surface area contributed by atoms with Gasteiger partial charge in [-0.15, -0.1) is 0 Å². The van der Waals surface area contributed by atoms with Gasteiger partial charge in [0.2, 0.25) is 0 Å². The first-order valence-electron chi connectivity index (χ1n) is 13.0. The van der Waals surface area contributed by atoms with Crippen LogP contribution in [-0.4, -0.2) is 46.6 Å². The molecule has 5 rings (SSSR count). The van der Waals surface area contributed by atoms with Gasteiger partial charge >= 0.3 is 11.9 Å². The summed E-state index contributed by atoms with van der Waals surface area (Å²) in [6, 6.07) is 9.47. The number of para-hydroxylation sites is 1. The van der Waals surface area contributed by atoms with Gasteiger partial charge in [0.1, 0.15) is 23.2 Å². The van der Waals surface area contributed by atoms with Crippen LogP contribution in [-0.2, 0) is 19.1 Å². The lowest BCUT2D eigenvalue weighted by molar-refractivity contribution is -0.209. The van der Waals surface area contributed by atoms with E-state index in [1.807, 2.05) is 55.5 Å². The number of esters is 2. The van der Waals surface area contributed by atoms with Gasteiger partial charge in [-0.25, -0.2) is 4.79 Å². The third-order valence-electron chi connectivity index (χ3n) is 9.34. The molecule has 1 aromatic rings. The first-order valence-corrected chi connectivity index (χ1v) is 13.0. The molecule has 0 amide bonds. The second kappa shape index (κ2) is 9.34. The maximum Gasteiger partial charge on any atom is 0.384 e. The van der Waals surface area contributed by atoms with Crippen molar-refractivity contribution in [3.8, 4) is 17.6 Å². The molecule has 3 saturated carbocycles. The zero-order valence-electron chi connectivity index (χ0n) is 21.5. The van der Waals surface area contributed by atoms with Gasteiger partial charge in [-0.2, -0.15) is 0 Å². The van der Waals surface area contributed by atoms with Crippen LogP contribution in [0.25, 0.3) is 0 Å². The van der Waals surface area contributed by atoms with Crippen LogP contribution in [0, 0.1) is 40.9 Å². The van der Waals surface area contributed by atoms with Crippen molar-refractivity contribution in [2.24, 2.45) is 29.1 Å². The third-order valence-corrected chi connectivity index (χ3v) is 9.34. The molecule has 7 nitrogen and oxygen atoms in total. The average molecular weight is 507 g/mol. The minimum atomic E-state index is -1.36. The van der Waals surface area contributed by atoms with Crippen molar-refractivity contribution < 1.29 is 34.0 Å². The van der Waals surface area contributed by atoms with Gasteiger partial charge in [0.05, 0.1) is 12.7 Å². The van der Waals surface area contributed by atoms with Crippen molar-refractivity contribution in [3.63, 3.8) is 0 Å². The maximum absolute atomic E-state index is 12.2. The second-order valence-corrected chi connectivity index (χ2v) is 11.1. The van der Waals surface area contributed by atoms with Gasteiger partial charge in [-0.05, 0) is 68.2 Å². The summed E-state index contributed by atoms with van der Waals surface area (Å²) in [4.78, 5) is 23.8. The van der Waals surface area contributed by atoms with Crippen molar-refractivity contribution >= 4 is 11.9 Å². The molecule has 0 aliphatic heterocycles. The Balaban J connectivity index is 1.46. The molecule has 0 saturated heterocycles. The monoisotopic (exact) mass is 506 g/mol. The van der Waals surface area contributed by atoms with Crippen molar-refractivity contribution in [1.29, 1.82) is 0 Å². The normalized spacial score (nSPS) is 39.6. The van der Waals surface area contributed by atoms with E-state index >= 15 is 0 Å². The smallest absolute Gasteiger partial charge is 0.384 e. The molecule has 2 unspecified atom stereocenters. The van der Waals surface area contributed by atoms with E-state index in [9.17, 15) is 19.8 Å². The fraction of sp³-hybridized carbons (Fsp3) is 0.533. The number of benzene rings is 1. The van der Waals surface area contributed by atoms with Crippen LogP contribution in [0.3, 0.4) is 0 Å². The van der Waals surface area contributed by atoms with Crippen molar-refractivity contribution in [3.05, 3.63) is 54.3 Å². The molecule has 196 valence electrons. The van der Waals surface area contributed by atoms with E-state index in [0.29, 0.717) is 43.6 Å². The molecule has 4 aliphatic carbocycles. The Hall–Kier alpha value is -3.08. The van der Waals surface area contributed by atoms with E-state index in [0.717, 1.165) is 0 Å². The molecule has 2 N–H and O–H groups in total. The predicted octanol–water partition coefficient (Wildman–Crippen LogP) is 3.55. The van der Waals surface area contributed by atoms with E-state index in [2.05, 4.69) is 16.6 Å². The van der Waals surface area contributed by atoms with Crippen LogP contribution >= 0.6 is 0 Å². The van der Waals surface area contributed by atoms with Crippen LogP contribution in [0.1, 0.15) is 46.0 Å². The fourth-order valence-corrected chi connectivity index (χ4v) is 7.45. The number of hydrogen-bond donors (Lipinski definition) is 2. The van der Waals surface area contributed by atoms with Gasteiger partial charge in [0.25, 0.3) is 0 Å². The molecule has 3 fully saturated rings. The summed E-state index contributed by atoms with van der Waals surface area (Å²) in [6.45, 7) is 3.41. The molecule has 0 spiro atoms. The summed E-state index contributed by atoms with van der Waals surface area (Å²) in [6.07, 6.45) is 7.97. The highest BCUT2D eigenvalue weighted by Crippen LogP contribution is 2.66. The first kappa shape index (κ1) is 25.6. The van der Waals surface area contributed by atoms with E-state index in [1.54, 1.807) is 0 Å². The topological polar surface area (TPSA) is 102 Å². The van der Waals surface area contributed by atoms with Gasteiger partial charge in [-0.1, -0.05) is 37.1 Å². The molecular weight excluding hydrogens is 472 g/mol. The number of ether oxygens (including phenoxy) is 3. The van der Waals surface area contributed by atoms with Crippen LogP contribution in [0.2, 0.25) is 0 Å². The summed E-state index contributed by atoms with van der Waals surface area (Å²) >= 11 is 0. The van der Waals surface area contributed by atoms with Gasteiger partial charge in [-0.3, -0.25) is 4.79 Å². The Morgan fingerprint density at radius 1 is 1.08 bits per heavy atom. The Morgan fingerprint density at radius 2 is 1.84 bits per heavy atom. The van der Waals surface area contributed by atoms with E-state index in [1.165, 1.54) is 14.0 Å². The zero-order valence-corrected chi connectivity index (χ0v) is 21.5. The van der Waals surface area contributed by atoms with Crippen molar-refractivity contribution in [2.75, 3.05) is 7.11 Å². The summed E-state index contributed by atoms with van der Waals surface area (Å²) in [7, 11) is 1.26. The molecular formula is C30H34O7. The fourth-order valence-electron chi connectivity index (χ4n) is 7.45. The van der Waals surface area contributed by atoms with Crippen LogP contribution < -0.4 is 4.74 Å². The van der Waals surface area contributed by atoms with Crippen LogP contribution in [0.15, 0.2) is 54.3 Å². The molecule has 1 aromatic carbocycles. The lowest BCUT2D eigenvalue weighted by Crippen LogP contribution is -2.64. The summed E-state index contributed by atoms with van der Waals surface area (Å²) in [5.41, 5.74) is -3.01. The standard InChI is InChI=1S/C30H34O7/c1-19(31)36-26-18-25-24-11-13-29(33,14-12-27(32)35-3)28(24,2)15-16-30(25,34)23-10-9-21(17-22(23)26)37-20-7-5-4-6-8-20/h4-10,17,22-26,33-34H,11,13,15-16,18H2,1-3H3/t22?,23?,24-,25-,26+,28-,29+,30-/m0/s1. The number of hydrogen-bond acceptors (Lipinski definition) is 7. The summed E-state index contributed by atoms with van der Waals surface area (Å²) < 4.78 is 16.6. The Morgan fingerprint density at radius 3 is 2.54 bits per heavy atom. The Labute approximate surface area is 217 Å². The molecule has 0 aromatic heterocycles. The SMILES string of the molecule is COC(=O)C#C[C@]1(O)CC[C@H]2[C@@H]3C[C@@H](OC(C)=O)C4C=C(Oc5ccccc5)C=CC4[C@@]3(O)CC[C@@]21C. The number of methoxy groups -OCH3 is 1. The number of carbonyl (C=O) groups excluding carboxylic acids is 2. The highest BCUT2D eigenvalue weighted by atomic mass is 16.5. The van der Waals surface area contributed by atoms with E-state index in [4.69, 9.17) is 9.47 Å². The van der Waals surface area contributed by atoms with E-state index < -0.39 is 28.7 Å². The van der Waals surface area contributed by atoms with Gasteiger partial charge in [0, 0.05) is 30.1 Å². The Kier molecular flexibility index (Phi) is 6.45. The first-order chi connectivity index (χ1) is 17.6. The van der Waals surface area contributed by atoms with Crippen LogP contribution in [0.5, 0.6) is 5.75 Å². The summed E-state index contributed by atoms with van der Waals surface area (Å²) in [5, 5.41) is 23.8. The molecule has 0 bridgehead atoms. The zero-order chi connectivity index (χ0) is 26.4. The third kappa shape index (κ3) is 4.26. The molecule has 7 heteroatoms. The number of carbonyl (C=O) groups is 2. The average Bonchev–Trinajstić information content (AvgIpc) is 3.14. The molecule has 4 aliphatic rings. The minimum absolute atomic E-state index is 0.0541. The largest absolute Gasteiger partial charge is 0.462 e. The number of aliphatic hydroxyl groups is 2. The minimum Gasteiger partial charge on any atom is -0.462 e. The number of fused-ring (bicyclic) bond motifs is 5. The highest BCUT2D eigenvalue weighted by molar-refractivity contribution is 5.88. The molecule has 37 heavy (non-hydrogen) atoms. The molecule has 0 radical (unpaired) electrons. The van der Waals surface area contributed by atoms with Gasteiger partial charge in [0.15, 0.2) is 0 Å². The lowest BCUT2D eigenvalue weighted by Gasteiger charge is -2.60. The van der Waals surface area contributed by atoms with Gasteiger partial charge < -0.3 is 24.4 Å². The molecule has 0 heterocycles. The maximum atomic E-state index is 12.2.